The van der Waals surface area contributed by atoms with Crippen molar-refractivity contribution in [2.45, 2.75) is 116 Å². The van der Waals surface area contributed by atoms with Crippen LogP contribution in [0.1, 0.15) is 115 Å². The second-order valence-corrected chi connectivity index (χ2v) is 10.5. The average molecular weight is 489 g/mol. The summed E-state index contributed by atoms with van der Waals surface area (Å²) in [6.07, 6.45) is 24.6. The van der Waals surface area contributed by atoms with Crippen LogP contribution in [0.3, 0.4) is 0 Å². The minimum absolute atomic E-state index is 0.829. The second kappa shape index (κ2) is 18.0. The van der Waals surface area contributed by atoms with Crippen LogP contribution in [-0.2, 0) is 6.54 Å². The molecule has 0 aliphatic carbocycles. The summed E-state index contributed by atoms with van der Waals surface area (Å²) < 4.78 is 8.30. The van der Waals surface area contributed by atoms with Crippen molar-refractivity contribution in [3.05, 3.63) is 72.4 Å². The number of aromatic nitrogens is 1. The minimum atomic E-state index is 0.829. The summed E-state index contributed by atoms with van der Waals surface area (Å²) in [5, 5.41) is 1.28. The molecule has 0 aliphatic heterocycles. The first kappa shape index (κ1) is 28.2. The summed E-state index contributed by atoms with van der Waals surface area (Å²) >= 11 is 0. The zero-order valence-corrected chi connectivity index (χ0v) is 22.9. The lowest BCUT2D eigenvalue weighted by Gasteiger charge is -2.07. The van der Waals surface area contributed by atoms with E-state index >= 15 is 0 Å². The van der Waals surface area contributed by atoms with Crippen LogP contribution >= 0.6 is 0 Å². The first-order chi connectivity index (χ1) is 17.9. The maximum absolute atomic E-state index is 5.99. The Morgan fingerprint density at radius 1 is 0.556 bits per heavy atom. The normalized spacial score (nSPS) is 11.2. The largest absolute Gasteiger partial charge is 0.494 e. The monoisotopic (exact) mass is 488 g/mol. The maximum Gasteiger partial charge on any atom is 0.212 e. The van der Waals surface area contributed by atoms with Crippen molar-refractivity contribution in [1.29, 1.82) is 0 Å². The zero-order chi connectivity index (χ0) is 25.1. The van der Waals surface area contributed by atoms with Crippen LogP contribution in [0, 0.1) is 0 Å². The molecule has 2 nitrogen and oxygen atoms in total. The first-order valence-corrected chi connectivity index (χ1v) is 15.0. The van der Waals surface area contributed by atoms with Crippen molar-refractivity contribution in [3.8, 4) is 5.75 Å². The number of hydrogen-bond donors (Lipinski definition) is 0. The average Bonchev–Trinajstić information content (AvgIpc) is 2.91. The smallest absolute Gasteiger partial charge is 0.212 e. The lowest BCUT2D eigenvalue weighted by Crippen LogP contribution is -2.34. The van der Waals surface area contributed by atoms with Crippen LogP contribution in [0.15, 0.2) is 66.9 Å². The van der Waals surface area contributed by atoms with Gasteiger partial charge in [-0.15, -0.1) is 0 Å². The molecule has 36 heavy (non-hydrogen) atoms. The van der Waals surface area contributed by atoms with Crippen molar-refractivity contribution in [2.75, 3.05) is 6.61 Å². The number of benzene rings is 2. The van der Waals surface area contributed by atoms with Crippen molar-refractivity contribution < 1.29 is 9.30 Å². The molecule has 0 atom stereocenters. The Hall–Kier alpha value is -2.35. The molecule has 0 saturated carbocycles. The fourth-order valence-corrected chi connectivity index (χ4v) is 5.09. The molecule has 0 aliphatic rings. The first-order valence-electron chi connectivity index (χ1n) is 15.0. The van der Waals surface area contributed by atoms with E-state index in [1.807, 2.05) is 0 Å². The van der Waals surface area contributed by atoms with Gasteiger partial charge in [0.25, 0.3) is 0 Å². The SMILES string of the molecule is CCCCCCCCCCCCCCCCCCOc1ccc(C[n+]2cccc3ccccc32)cc1. The fourth-order valence-electron chi connectivity index (χ4n) is 5.09. The summed E-state index contributed by atoms with van der Waals surface area (Å²) in [5.74, 6) is 0.989. The van der Waals surface area contributed by atoms with E-state index in [2.05, 4.69) is 78.4 Å². The molecule has 0 radical (unpaired) electrons. The molecule has 2 heteroatoms. The Kier molecular flexibility index (Phi) is 14.1. The van der Waals surface area contributed by atoms with Gasteiger partial charge in [0.15, 0.2) is 12.7 Å². The molecule has 1 aromatic heterocycles. The van der Waals surface area contributed by atoms with Crippen molar-refractivity contribution in [1.82, 2.24) is 0 Å². The molecule has 3 aromatic rings. The lowest BCUT2D eigenvalue weighted by atomic mass is 10.0. The number of fused-ring (bicyclic) bond motifs is 1. The van der Waals surface area contributed by atoms with Crippen LogP contribution in [-0.4, -0.2) is 6.61 Å². The highest BCUT2D eigenvalue weighted by molar-refractivity contribution is 5.74. The van der Waals surface area contributed by atoms with E-state index in [1.54, 1.807) is 0 Å². The Labute approximate surface area is 221 Å². The van der Waals surface area contributed by atoms with Crippen LogP contribution in [0.4, 0.5) is 0 Å². The van der Waals surface area contributed by atoms with Crippen LogP contribution in [0.2, 0.25) is 0 Å². The van der Waals surface area contributed by atoms with Gasteiger partial charge in [-0.05, 0) is 42.8 Å². The highest BCUT2D eigenvalue weighted by Crippen LogP contribution is 2.16. The Morgan fingerprint density at radius 3 is 1.69 bits per heavy atom. The van der Waals surface area contributed by atoms with E-state index in [4.69, 9.17) is 4.74 Å². The summed E-state index contributed by atoms with van der Waals surface area (Å²) in [7, 11) is 0. The number of pyridine rings is 1. The molecule has 0 N–H and O–H groups in total. The van der Waals surface area contributed by atoms with Crippen molar-refractivity contribution >= 4 is 10.9 Å². The number of nitrogens with zero attached hydrogens (tertiary/aromatic N) is 1. The number of unbranched alkanes of at least 4 members (excludes halogenated alkanes) is 15. The van der Waals surface area contributed by atoms with E-state index in [-0.39, 0.29) is 0 Å². The van der Waals surface area contributed by atoms with Gasteiger partial charge in [0.1, 0.15) is 5.75 Å². The summed E-state index contributed by atoms with van der Waals surface area (Å²) in [4.78, 5) is 0. The Bertz CT molecular complexity index is 944. The summed E-state index contributed by atoms with van der Waals surface area (Å²) in [5.41, 5.74) is 2.56. The van der Waals surface area contributed by atoms with E-state index in [1.165, 1.54) is 113 Å². The number of para-hydroxylation sites is 1. The Balaban J connectivity index is 1.16. The third-order valence-electron chi connectivity index (χ3n) is 7.33. The molecule has 196 valence electrons. The summed E-state index contributed by atoms with van der Waals surface area (Å²) in [6, 6.07) is 21.5. The highest BCUT2D eigenvalue weighted by atomic mass is 16.5. The van der Waals surface area contributed by atoms with Gasteiger partial charge in [0.05, 0.1) is 6.61 Å². The lowest BCUT2D eigenvalue weighted by molar-refractivity contribution is -0.662. The van der Waals surface area contributed by atoms with Crippen molar-refractivity contribution in [2.24, 2.45) is 0 Å². The summed E-state index contributed by atoms with van der Waals surface area (Å²) in [6.45, 7) is 4.00. The van der Waals surface area contributed by atoms with Gasteiger partial charge in [-0.1, -0.05) is 115 Å². The minimum Gasteiger partial charge on any atom is -0.494 e. The van der Waals surface area contributed by atoms with Gasteiger partial charge in [-0.3, -0.25) is 0 Å². The molecule has 0 fully saturated rings. The third kappa shape index (κ3) is 11.1. The standard InChI is InChI=1S/C34H50NO/c1-2-3-4-5-6-7-8-9-10-11-12-13-14-15-16-19-29-36-33-26-24-31(25-27-33)30-35-28-20-22-32-21-17-18-23-34(32)35/h17-18,20-28H,2-16,19,29-30H2,1H3/q+1. The molecule has 0 spiro atoms. The molecule has 0 amide bonds. The third-order valence-corrected chi connectivity index (χ3v) is 7.33. The molecule has 3 rings (SSSR count). The molecular formula is C34H50NO+. The topological polar surface area (TPSA) is 13.1 Å². The zero-order valence-electron chi connectivity index (χ0n) is 22.9. The Morgan fingerprint density at radius 2 is 1.08 bits per heavy atom. The van der Waals surface area contributed by atoms with Crippen LogP contribution in [0.25, 0.3) is 10.9 Å². The van der Waals surface area contributed by atoms with E-state index in [0.717, 1.165) is 25.3 Å². The predicted octanol–water partition coefficient (Wildman–Crippen LogP) is 9.82. The molecule has 2 aromatic carbocycles. The van der Waals surface area contributed by atoms with Gasteiger partial charge in [0.2, 0.25) is 5.52 Å². The quantitative estimate of drug-likeness (QED) is 0.114. The van der Waals surface area contributed by atoms with E-state index in [9.17, 15) is 0 Å². The van der Waals surface area contributed by atoms with Gasteiger partial charge < -0.3 is 4.74 Å². The van der Waals surface area contributed by atoms with E-state index < -0.39 is 0 Å². The van der Waals surface area contributed by atoms with Crippen LogP contribution < -0.4 is 9.30 Å². The number of rotatable bonds is 20. The van der Waals surface area contributed by atoms with Crippen molar-refractivity contribution in [3.63, 3.8) is 0 Å². The predicted molar refractivity (Wildman–Crippen MR) is 155 cm³/mol. The van der Waals surface area contributed by atoms with Gasteiger partial charge in [-0.25, -0.2) is 0 Å². The fraction of sp³-hybridized carbons (Fsp3) is 0.559. The number of ether oxygens (including phenoxy) is 1. The molecular weight excluding hydrogens is 438 g/mol. The van der Waals surface area contributed by atoms with E-state index in [0.29, 0.717) is 0 Å². The van der Waals surface area contributed by atoms with Gasteiger partial charge >= 0.3 is 0 Å². The number of hydrogen-bond acceptors (Lipinski definition) is 1. The van der Waals surface area contributed by atoms with Crippen LogP contribution in [0.5, 0.6) is 5.75 Å². The molecule has 0 bridgehead atoms. The second-order valence-electron chi connectivity index (χ2n) is 10.5. The van der Waals surface area contributed by atoms with Gasteiger partial charge in [-0.2, -0.15) is 4.57 Å². The highest BCUT2D eigenvalue weighted by Gasteiger charge is 2.08. The molecule has 0 saturated heterocycles. The van der Waals surface area contributed by atoms with Gasteiger partial charge in [0, 0.05) is 23.1 Å². The maximum atomic E-state index is 5.99. The molecule has 0 unspecified atom stereocenters. The molecule has 1 heterocycles.